The largest absolute Gasteiger partial charge is 0.379 e. The lowest BCUT2D eigenvalue weighted by molar-refractivity contribution is 0.0730. The Balaban J connectivity index is 2.32. The summed E-state index contributed by atoms with van der Waals surface area (Å²) >= 11 is 0. The van der Waals surface area contributed by atoms with Crippen LogP contribution in [0, 0.1) is 0 Å². The summed E-state index contributed by atoms with van der Waals surface area (Å²) in [6.45, 7) is 7.21. The quantitative estimate of drug-likeness (QED) is 0.770. The van der Waals surface area contributed by atoms with Gasteiger partial charge < -0.3 is 15.8 Å². The first kappa shape index (κ1) is 19.8. The topological polar surface area (TPSA) is 102 Å². The smallest absolute Gasteiger partial charge is 0.251 e. The fraction of sp³-hybridized carbons (Fsp3) is 0.588. The standard InChI is InChI=1S/C17H27N3O4S/c1-4-13-5-6-14(16(21)19-12-17(2,3)18)11-15(13)25(22,23)20-7-9-24-10-8-20/h5-6,11H,4,7-10,12,18H2,1-3H3,(H,19,21). The second-order valence-electron chi connectivity index (χ2n) is 6.86. The third-order valence-electron chi connectivity index (χ3n) is 4.00. The first-order chi connectivity index (χ1) is 11.6. The van der Waals surface area contributed by atoms with Gasteiger partial charge in [-0.25, -0.2) is 8.42 Å². The van der Waals surface area contributed by atoms with Crippen molar-refractivity contribution in [3.8, 4) is 0 Å². The van der Waals surface area contributed by atoms with Gasteiger partial charge in [0.1, 0.15) is 0 Å². The van der Waals surface area contributed by atoms with Crippen molar-refractivity contribution in [1.82, 2.24) is 9.62 Å². The van der Waals surface area contributed by atoms with E-state index in [9.17, 15) is 13.2 Å². The van der Waals surface area contributed by atoms with Crippen LogP contribution in [0.1, 0.15) is 36.7 Å². The van der Waals surface area contributed by atoms with Crippen molar-refractivity contribution in [3.05, 3.63) is 29.3 Å². The Morgan fingerprint density at radius 1 is 1.32 bits per heavy atom. The maximum Gasteiger partial charge on any atom is 0.251 e. The van der Waals surface area contributed by atoms with Gasteiger partial charge >= 0.3 is 0 Å². The van der Waals surface area contributed by atoms with Crippen LogP contribution < -0.4 is 11.1 Å². The highest BCUT2D eigenvalue weighted by Crippen LogP contribution is 2.23. The number of benzene rings is 1. The highest BCUT2D eigenvalue weighted by molar-refractivity contribution is 7.89. The van der Waals surface area contributed by atoms with E-state index in [1.807, 2.05) is 20.8 Å². The third kappa shape index (κ3) is 5.01. The highest BCUT2D eigenvalue weighted by Gasteiger charge is 2.29. The highest BCUT2D eigenvalue weighted by atomic mass is 32.2. The lowest BCUT2D eigenvalue weighted by atomic mass is 10.1. The lowest BCUT2D eigenvalue weighted by Gasteiger charge is -2.27. The van der Waals surface area contributed by atoms with Crippen LogP contribution in [0.15, 0.2) is 23.1 Å². The predicted molar refractivity (Wildman–Crippen MR) is 96.0 cm³/mol. The van der Waals surface area contributed by atoms with Gasteiger partial charge in [-0.3, -0.25) is 4.79 Å². The Morgan fingerprint density at radius 3 is 2.52 bits per heavy atom. The molecule has 2 rings (SSSR count). The molecule has 1 saturated heterocycles. The van der Waals surface area contributed by atoms with Crippen molar-refractivity contribution < 1.29 is 17.9 Å². The number of sulfonamides is 1. The van der Waals surface area contributed by atoms with Crippen molar-refractivity contribution >= 4 is 15.9 Å². The molecule has 1 aliphatic rings. The Hall–Kier alpha value is -1.48. The van der Waals surface area contributed by atoms with Crippen molar-refractivity contribution in [2.75, 3.05) is 32.8 Å². The number of hydrogen-bond donors (Lipinski definition) is 2. The molecule has 25 heavy (non-hydrogen) atoms. The molecule has 0 unspecified atom stereocenters. The van der Waals surface area contributed by atoms with Crippen LogP contribution in [0.25, 0.3) is 0 Å². The molecule has 0 saturated carbocycles. The van der Waals surface area contributed by atoms with E-state index in [0.717, 1.165) is 0 Å². The van der Waals surface area contributed by atoms with Crippen LogP contribution >= 0.6 is 0 Å². The van der Waals surface area contributed by atoms with Crippen molar-refractivity contribution in [1.29, 1.82) is 0 Å². The van der Waals surface area contributed by atoms with Gasteiger partial charge in [-0.1, -0.05) is 13.0 Å². The second-order valence-corrected chi connectivity index (χ2v) is 8.77. The molecule has 1 amide bonds. The van der Waals surface area contributed by atoms with Crippen LogP contribution in [0.2, 0.25) is 0 Å². The summed E-state index contributed by atoms with van der Waals surface area (Å²) in [4.78, 5) is 12.5. The molecule has 0 atom stereocenters. The molecule has 1 fully saturated rings. The van der Waals surface area contributed by atoms with Crippen LogP contribution in [0.5, 0.6) is 0 Å². The minimum absolute atomic E-state index is 0.191. The van der Waals surface area contributed by atoms with Gasteiger partial charge in [0.05, 0.1) is 18.1 Å². The van der Waals surface area contributed by atoms with E-state index in [1.165, 1.54) is 10.4 Å². The van der Waals surface area contributed by atoms with Gasteiger partial charge in [-0.05, 0) is 38.0 Å². The maximum atomic E-state index is 13.0. The first-order valence-corrected chi connectivity index (χ1v) is 9.87. The van der Waals surface area contributed by atoms with Gasteiger partial charge in [-0.15, -0.1) is 0 Å². The molecule has 1 heterocycles. The van der Waals surface area contributed by atoms with E-state index < -0.39 is 15.6 Å². The molecular weight excluding hydrogens is 342 g/mol. The van der Waals surface area contributed by atoms with E-state index >= 15 is 0 Å². The Morgan fingerprint density at radius 2 is 1.96 bits per heavy atom. The molecule has 3 N–H and O–H groups in total. The van der Waals surface area contributed by atoms with Crippen LogP contribution in [-0.4, -0.2) is 57.0 Å². The molecule has 0 spiro atoms. The molecule has 1 aromatic carbocycles. The number of nitrogens with one attached hydrogen (secondary N) is 1. The molecule has 1 aromatic rings. The van der Waals surface area contributed by atoms with Gasteiger partial charge in [0.15, 0.2) is 0 Å². The average Bonchev–Trinajstić information content (AvgIpc) is 2.59. The number of nitrogens with zero attached hydrogens (tertiary/aromatic N) is 1. The minimum atomic E-state index is -3.66. The van der Waals surface area contributed by atoms with E-state index in [-0.39, 0.29) is 10.8 Å². The zero-order chi connectivity index (χ0) is 18.7. The second kappa shape index (κ2) is 7.82. The van der Waals surface area contributed by atoms with E-state index in [4.69, 9.17) is 10.5 Å². The monoisotopic (exact) mass is 369 g/mol. The number of amides is 1. The van der Waals surface area contributed by atoms with Gasteiger partial charge in [0, 0.05) is 30.7 Å². The molecule has 0 aliphatic carbocycles. The Bertz CT molecular complexity index is 720. The average molecular weight is 369 g/mol. The SMILES string of the molecule is CCc1ccc(C(=O)NCC(C)(C)N)cc1S(=O)(=O)N1CCOCC1. The molecule has 8 heteroatoms. The predicted octanol–water partition coefficient (Wildman–Crippen LogP) is 0.737. The molecule has 0 bridgehead atoms. The number of carbonyl (C=O) groups excluding carboxylic acids is 1. The maximum absolute atomic E-state index is 13.0. The number of hydrogen-bond acceptors (Lipinski definition) is 5. The molecule has 1 aliphatic heterocycles. The van der Waals surface area contributed by atoms with E-state index in [0.29, 0.717) is 50.4 Å². The van der Waals surface area contributed by atoms with Crippen molar-refractivity contribution in [3.63, 3.8) is 0 Å². The third-order valence-corrected chi connectivity index (χ3v) is 5.98. The number of aryl methyl sites for hydroxylation is 1. The summed E-state index contributed by atoms with van der Waals surface area (Å²) in [7, 11) is -3.66. The normalized spacial score (nSPS) is 16.6. The van der Waals surface area contributed by atoms with E-state index in [1.54, 1.807) is 12.1 Å². The fourth-order valence-electron chi connectivity index (χ4n) is 2.56. The summed E-state index contributed by atoms with van der Waals surface area (Å²) in [5, 5.41) is 2.74. The number of morpholine rings is 1. The van der Waals surface area contributed by atoms with Crippen LogP contribution in [-0.2, 0) is 21.2 Å². The Labute approximate surface area is 149 Å². The molecular formula is C17H27N3O4S. The lowest BCUT2D eigenvalue weighted by Crippen LogP contribution is -2.45. The van der Waals surface area contributed by atoms with Gasteiger partial charge in [-0.2, -0.15) is 4.31 Å². The number of carbonyl (C=O) groups is 1. The summed E-state index contributed by atoms with van der Waals surface area (Å²) in [5.74, 6) is -0.334. The fourth-order valence-corrected chi connectivity index (χ4v) is 4.29. The van der Waals surface area contributed by atoms with Crippen LogP contribution in [0.4, 0.5) is 0 Å². The molecule has 7 nitrogen and oxygen atoms in total. The zero-order valence-electron chi connectivity index (χ0n) is 15.0. The number of nitrogens with two attached hydrogens (primary N) is 1. The van der Waals surface area contributed by atoms with Gasteiger partial charge in [0.2, 0.25) is 10.0 Å². The minimum Gasteiger partial charge on any atom is -0.379 e. The zero-order valence-corrected chi connectivity index (χ0v) is 15.9. The van der Waals surface area contributed by atoms with Crippen molar-refractivity contribution in [2.45, 2.75) is 37.6 Å². The summed E-state index contributed by atoms with van der Waals surface area (Å²) in [6.07, 6.45) is 0.566. The number of rotatable bonds is 6. The molecule has 0 aromatic heterocycles. The number of ether oxygens (including phenoxy) is 1. The molecule has 0 radical (unpaired) electrons. The summed E-state index contributed by atoms with van der Waals surface area (Å²) in [5.41, 5.74) is 6.34. The van der Waals surface area contributed by atoms with E-state index in [2.05, 4.69) is 5.32 Å². The summed E-state index contributed by atoms with van der Waals surface area (Å²) < 4.78 is 32.6. The van der Waals surface area contributed by atoms with Gasteiger partial charge in [0.25, 0.3) is 5.91 Å². The first-order valence-electron chi connectivity index (χ1n) is 8.43. The Kier molecular flexibility index (Phi) is 6.21. The molecule has 140 valence electrons. The van der Waals surface area contributed by atoms with Crippen molar-refractivity contribution in [2.24, 2.45) is 5.73 Å². The summed E-state index contributed by atoms with van der Waals surface area (Å²) in [6, 6.07) is 4.81. The van der Waals surface area contributed by atoms with Crippen LogP contribution in [0.3, 0.4) is 0 Å².